The van der Waals surface area contributed by atoms with Crippen LogP contribution in [0, 0.1) is 10.8 Å². The second kappa shape index (κ2) is 7.48. The van der Waals surface area contributed by atoms with Crippen LogP contribution >= 0.6 is 0 Å². The van der Waals surface area contributed by atoms with E-state index in [9.17, 15) is 4.79 Å². The van der Waals surface area contributed by atoms with Crippen molar-refractivity contribution >= 4 is 6.03 Å². The molecule has 0 radical (unpaired) electrons. The SMILES string of the molecule is CCC1([C@@H](C)NC(=O)NC(CN)C(C)(C)C)CCCCC1. The number of amides is 2. The van der Waals surface area contributed by atoms with E-state index in [1.807, 2.05) is 0 Å². The standard InChI is InChI=1S/C17H35N3O/c1-6-17(10-8-7-9-11-17)13(2)19-15(21)20-14(12-18)16(3,4)5/h13-14H,6-12,18H2,1-5H3,(H2,19,20,21)/t13-,14?/m1/s1. The van der Waals surface area contributed by atoms with Gasteiger partial charge in [-0.1, -0.05) is 47.0 Å². The predicted octanol–water partition coefficient (Wildman–Crippen LogP) is 3.41. The van der Waals surface area contributed by atoms with Crippen LogP contribution in [0.15, 0.2) is 0 Å². The molecule has 1 rings (SSSR count). The normalized spacial score (nSPS) is 21.4. The molecule has 0 aromatic heterocycles. The van der Waals surface area contributed by atoms with E-state index in [1.165, 1.54) is 32.1 Å². The summed E-state index contributed by atoms with van der Waals surface area (Å²) in [5, 5.41) is 6.22. The Kier molecular flexibility index (Phi) is 6.51. The molecular formula is C17H35N3O. The molecule has 4 N–H and O–H groups in total. The fourth-order valence-electron chi connectivity index (χ4n) is 3.53. The number of hydrogen-bond donors (Lipinski definition) is 3. The molecule has 0 saturated heterocycles. The molecule has 4 heteroatoms. The molecule has 4 nitrogen and oxygen atoms in total. The minimum atomic E-state index is -0.0775. The lowest BCUT2D eigenvalue weighted by Gasteiger charge is -2.42. The Labute approximate surface area is 130 Å². The van der Waals surface area contributed by atoms with Gasteiger partial charge in [0.2, 0.25) is 0 Å². The number of hydrogen-bond acceptors (Lipinski definition) is 2. The molecular weight excluding hydrogens is 262 g/mol. The van der Waals surface area contributed by atoms with Crippen molar-refractivity contribution in [2.45, 2.75) is 85.2 Å². The second-order valence-corrected chi connectivity index (χ2v) is 7.77. The van der Waals surface area contributed by atoms with Gasteiger partial charge >= 0.3 is 6.03 Å². The van der Waals surface area contributed by atoms with Crippen LogP contribution in [0.3, 0.4) is 0 Å². The predicted molar refractivity (Wildman–Crippen MR) is 89.2 cm³/mol. The summed E-state index contributed by atoms with van der Waals surface area (Å²) in [4.78, 5) is 12.3. The zero-order valence-corrected chi connectivity index (χ0v) is 14.6. The monoisotopic (exact) mass is 297 g/mol. The van der Waals surface area contributed by atoms with Gasteiger partial charge in [0.1, 0.15) is 0 Å². The lowest BCUT2D eigenvalue weighted by atomic mass is 9.68. The molecule has 1 saturated carbocycles. The zero-order chi connectivity index (χ0) is 16.1. The molecule has 0 aromatic carbocycles. The molecule has 0 spiro atoms. The summed E-state index contributed by atoms with van der Waals surface area (Å²) >= 11 is 0. The fourth-order valence-corrected chi connectivity index (χ4v) is 3.53. The first-order valence-electron chi connectivity index (χ1n) is 8.52. The minimum absolute atomic E-state index is 0.00590. The van der Waals surface area contributed by atoms with Crippen LogP contribution in [-0.4, -0.2) is 24.7 Å². The number of rotatable bonds is 5. The molecule has 0 aliphatic heterocycles. The van der Waals surface area contributed by atoms with Crippen LogP contribution in [0.2, 0.25) is 0 Å². The van der Waals surface area contributed by atoms with E-state index in [-0.39, 0.29) is 28.9 Å². The van der Waals surface area contributed by atoms with Crippen LogP contribution in [0.4, 0.5) is 4.79 Å². The lowest BCUT2D eigenvalue weighted by molar-refractivity contribution is 0.125. The maximum atomic E-state index is 12.3. The Morgan fingerprint density at radius 3 is 2.19 bits per heavy atom. The number of nitrogens with one attached hydrogen (secondary N) is 2. The van der Waals surface area contributed by atoms with Gasteiger partial charge < -0.3 is 16.4 Å². The molecule has 0 heterocycles. The van der Waals surface area contributed by atoms with E-state index >= 15 is 0 Å². The van der Waals surface area contributed by atoms with Gasteiger partial charge in [0.15, 0.2) is 0 Å². The second-order valence-electron chi connectivity index (χ2n) is 7.77. The Morgan fingerprint density at radius 2 is 1.76 bits per heavy atom. The summed E-state index contributed by atoms with van der Waals surface area (Å²) in [6.07, 6.45) is 7.49. The summed E-state index contributed by atoms with van der Waals surface area (Å²) in [5.74, 6) is 0. The van der Waals surface area contributed by atoms with Gasteiger partial charge in [-0.15, -0.1) is 0 Å². The summed E-state index contributed by atoms with van der Waals surface area (Å²) < 4.78 is 0. The molecule has 124 valence electrons. The first-order valence-corrected chi connectivity index (χ1v) is 8.52. The molecule has 2 amide bonds. The molecule has 1 aliphatic rings. The van der Waals surface area contributed by atoms with Gasteiger partial charge in [-0.3, -0.25) is 0 Å². The van der Waals surface area contributed by atoms with Crippen molar-refractivity contribution in [2.24, 2.45) is 16.6 Å². The highest BCUT2D eigenvalue weighted by Gasteiger charge is 2.37. The first kappa shape index (κ1) is 18.3. The van der Waals surface area contributed by atoms with E-state index in [4.69, 9.17) is 5.73 Å². The van der Waals surface area contributed by atoms with E-state index in [0.29, 0.717) is 6.54 Å². The van der Waals surface area contributed by atoms with Crippen molar-refractivity contribution in [3.05, 3.63) is 0 Å². The third kappa shape index (κ3) is 4.87. The largest absolute Gasteiger partial charge is 0.335 e. The molecule has 21 heavy (non-hydrogen) atoms. The fraction of sp³-hybridized carbons (Fsp3) is 0.941. The van der Waals surface area contributed by atoms with Gasteiger partial charge in [0.05, 0.1) is 0 Å². The Morgan fingerprint density at radius 1 is 1.19 bits per heavy atom. The van der Waals surface area contributed by atoms with Gasteiger partial charge in [-0.2, -0.15) is 0 Å². The van der Waals surface area contributed by atoms with Crippen LogP contribution in [-0.2, 0) is 0 Å². The van der Waals surface area contributed by atoms with Crippen molar-refractivity contribution in [3.63, 3.8) is 0 Å². The molecule has 1 fully saturated rings. The van der Waals surface area contributed by atoms with Crippen LogP contribution < -0.4 is 16.4 Å². The van der Waals surface area contributed by atoms with E-state index in [0.717, 1.165) is 6.42 Å². The van der Waals surface area contributed by atoms with Crippen molar-refractivity contribution in [2.75, 3.05) is 6.54 Å². The van der Waals surface area contributed by atoms with Crippen molar-refractivity contribution in [3.8, 4) is 0 Å². The molecule has 0 bridgehead atoms. The Balaban J connectivity index is 2.60. The first-order chi connectivity index (χ1) is 9.75. The number of nitrogens with two attached hydrogens (primary N) is 1. The number of carbonyl (C=O) groups is 1. The minimum Gasteiger partial charge on any atom is -0.335 e. The third-order valence-electron chi connectivity index (χ3n) is 5.41. The third-order valence-corrected chi connectivity index (χ3v) is 5.41. The van der Waals surface area contributed by atoms with Crippen LogP contribution in [0.5, 0.6) is 0 Å². The maximum Gasteiger partial charge on any atom is 0.315 e. The van der Waals surface area contributed by atoms with Crippen molar-refractivity contribution in [1.29, 1.82) is 0 Å². The summed E-state index contributed by atoms with van der Waals surface area (Å²) in [7, 11) is 0. The topological polar surface area (TPSA) is 67.2 Å². The summed E-state index contributed by atoms with van der Waals surface area (Å²) in [5.41, 5.74) is 6.04. The van der Waals surface area contributed by atoms with Gasteiger partial charge in [0.25, 0.3) is 0 Å². The molecule has 1 unspecified atom stereocenters. The summed E-state index contributed by atoms with van der Waals surface area (Å²) in [6.45, 7) is 11.2. The Hall–Kier alpha value is -0.770. The molecule has 2 atom stereocenters. The van der Waals surface area contributed by atoms with Crippen molar-refractivity contribution in [1.82, 2.24) is 10.6 Å². The average molecular weight is 297 g/mol. The van der Waals surface area contributed by atoms with E-state index < -0.39 is 0 Å². The number of carbonyl (C=O) groups excluding carboxylic acids is 1. The maximum absolute atomic E-state index is 12.3. The highest BCUT2D eigenvalue weighted by molar-refractivity contribution is 5.74. The molecule has 0 aromatic rings. The van der Waals surface area contributed by atoms with Gasteiger partial charge in [-0.05, 0) is 37.0 Å². The number of urea groups is 1. The highest BCUT2D eigenvalue weighted by atomic mass is 16.2. The zero-order valence-electron chi connectivity index (χ0n) is 14.6. The van der Waals surface area contributed by atoms with E-state index in [1.54, 1.807) is 0 Å². The van der Waals surface area contributed by atoms with E-state index in [2.05, 4.69) is 45.3 Å². The highest BCUT2D eigenvalue weighted by Crippen LogP contribution is 2.41. The molecule has 1 aliphatic carbocycles. The van der Waals surface area contributed by atoms with Gasteiger partial charge in [-0.25, -0.2) is 4.79 Å². The van der Waals surface area contributed by atoms with Crippen LogP contribution in [0.1, 0.15) is 73.1 Å². The lowest BCUT2D eigenvalue weighted by Crippen LogP contribution is -2.55. The quantitative estimate of drug-likeness (QED) is 0.728. The average Bonchev–Trinajstić information content (AvgIpc) is 2.44. The summed E-state index contributed by atoms with van der Waals surface area (Å²) in [6, 6.07) is 0.126. The van der Waals surface area contributed by atoms with Gasteiger partial charge in [0, 0.05) is 18.6 Å². The Bertz CT molecular complexity index is 329. The smallest absolute Gasteiger partial charge is 0.315 e. The van der Waals surface area contributed by atoms with Crippen molar-refractivity contribution < 1.29 is 4.79 Å². The van der Waals surface area contributed by atoms with Crippen LogP contribution in [0.25, 0.3) is 0 Å².